The second-order valence-corrected chi connectivity index (χ2v) is 7.35. The lowest BCUT2D eigenvalue weighted by molar-refractivity contribution is -0.405. The number of halogens is 4. The molecule has 1 N–H and O–H groups in total. The van der Waals surface area contributed by atoms with Crippen LogP contribution >= 0.6 is 0 Å². The number of hydrogen-bond acceptors (Lipinski definition) is 3. The molecule has 3 rings (SSSR count). The molecule has 2 bridgehead atoms. The van der Waals surface area contributed by atoms with E-state index < -0.39 is 36.8 Å². The van der Waals surface area contributed by atoms with E-state index in [9.17, 15) is 22.7 Å². The monoisotopic (exact) mass is 340 g/mol. The van der Waals surface area contributed by atoms with Gasteiger partial charge in [0.05, 0.1) is 12.0 Å². The maximum Gasteiger partial charge on any atom is 0.448 e. The summed E-state index contributed by atoms with van der Waals surface area (Å²) in [4.78, 5) is 0. The number of ether oxygens (including phenoxy) is 2. The van der Waals surface area contributed by atoms with Crippen LogP contribution in [0.15, 0.2) is 0 Å². The Labute approximate surface area is 133 Å². The summed E-state index contributed by atoms with van der Waals surface area (Å²) in [5.41, 5.74) is 0. The average molecular weight is 340 g/mol. The number of hydrogen-bond donors (Lipinski definition) is 1. The minimum absolute atomic E-state index is 0.0292. The highest BCUT2D eigenvalue weighted by Crippen LogP contribution is 2.70. The van der Waals surface area contributed by atoms with E-state index in [1.165, 1.54) is 0 Å². The quantitative estimate of drug-likeness (QED) is 0.474. The van der Waals surface area contributed by atoms with Gasteiger partial charge in [-0.2, -0.15) is 13.2 Å². The van der Waals surface area contributed by atoms with Gasteiger partial charge < -0.3 is 14.6 Å². The molecular weight excluding hydrogens is 316 g/mol. The Hall–Kier alpha value is -0.400. The van der Waals surface area contributed by atoms with Gasteiger partial charge in [-0.05, 0) is 48.9 Å². The molecule has 0 aromatic carbocycles. The molecular formula is C16H24F4O3. The Morgan fingerprint density at radius 1 is 1.04 bits per heavy atom. The zero-order valence-corrected chi connectivity index (χ0v) is 13.5. The summed E-state index contributed by atoms with van der Waals surface area (Å²) in [5.74, 6) is -5.27. The number of aliphatic hydroxyl groups is 1. The van der Waals surface area contributed by atoms with Crippen LogP contribution in [0.5, 0.6) is 0 Å². The topological polar surface area (TPSA) is 38.7 Å². The lowest BCUT2D eigenvalue weighted by Gasteiger charge is -2.58. The van der Waals surface area contributed by atoms with Gasteiger partial charge in [-0.3, -0.25) is 0 Å². The van der Waals surface area contributed by atoms with Gasteiger partial charge in [0.15, 0.2) is 6.79 Å². The van der Waals surface area contributed by atoms with Gasteiger partial charge in [-0.25, -0.2) is 4.39 Å². The standard InChI is InChI=1S/C16H24F4O3/c1-4-22-6-23-15(17,16(18,19)20)13-11-9-5-10(8(3)7(9)2)12(11)14(13)21/h7-14,21H,4-6H2,1-3H3. The third-order valence-corrected chi connectivity index (χ3v) is 6.71. The van der Waals surface area contributed by atoms with E-state index in [0.29, 0.717) is 5.92 Å². The first-order valence-electron chi connectivity index (χ1n) is 8.30. The molecule has 0 heterocycles. The van der Waals surface area contributed by atoms with Crippen molar-refractivity contribution in [2.75, 3.05) is 13.4 Å². The summed E-state index contributed by atoms with van der Waals surface area (Å²) in [5, 5.41) is 10.3. The molecule has 3 aliphatic rings. The van der Waals surface area contributed by atoms with E-state index in [2.05, 4.69) is 11.7 Å². The third-order valence-electron chi connectivity index (χ3n) is 6.71. The fraction of sp³-hybridized carbons (Fsp3) is 1.00. The highest BCUT2D eigenvalue weighted by atomic mass is 19.4. The van der Waals surface area contributed by atoms with Gasteiger partial charge >= 0.3 is 12.0 Å². The van der Waals surface area contributed by atoms with Crippen molar-refractivity contribution in [3.63, 3.8) is 0 Å². The smallest absolute Gasteiger partial charge is 0.392 e. The molecule has 3 fully saturated rings. The number of aliphatic hydroxyl groups excluding tert-OH is 1. The van der Waals surface area contributed by atoms with Crippen molar-refractivity contribution in [2.24, 2.45) is 41.4 Å². The van der Waals surface area contributed by atoms with Crippen LogP contribution in [-0.4, -0.2) is 36.6 Å². The first-order valence-corrected chi connectivity index (χ1v) is 8.30. The highest BCUT2D eigenvalue weighted by Gasteiger charge is 2.77. The summed E-state index contributed by atoms with van der Waals surface area (Å²) in [6.45, 7) is 5.04. The Balaban J connectivity index is 1.84. The normalized spacial score (nSPS) is 48.0. The number of rotatable bonds is 5. The summed E-state index contributed by atoms with van der Waals surface area (Å²) in [7, 11) is 0. The maximum absolute atomic E-state index is 14.9. The number of fused-ring (bicyclic) bond motifs is 5. The van der Waals surface area contributed by atoms with Gasteiger partial charge in [0.25, 0.3) is 0 Å². The fourth-order valence-corrected chi connectivity index (χ4v) is 5.46. The minimum atomic E-state index is -5.20. The van der Waals surface area contributed by atoms with Gasteiger partial charge in [0.1, 0.15) is 0 Å². The van der Waals surface area contributed by atoms with Crippen molar-refractivity contribution in [1.29, 1.82) is 0 Å². The molecule has 3 nitrogen and oxygen atoms in total. The van der Waals surface area contributed by atoms with Crippen LogP contribution in [0.1, 0.15) is 27.2 Å². The Kier molecular flexibility index (Phi) is 4.21. The predicted molar refractivity (Wildman–Crippen MR) is 73.9 cm³/mol. The van der Waals surface area contributed by atoms with E-state index in [-0.39, 0.29) is 30.3 Å². The van der Waals surface area contributed by atoms with E-state index in [0.717, 1.165) is 6.42 Å². The predicted octanol–water partition coefficient (Wildman–Crippen LogP) is 3.37. The second kappa shape index (κ2) is 5.56. The van der Waals surface area contributed by atoms with Crippen LogP contribution in [0, 0.1) is 41.4 Å². The molecule has 23 heavy (non-hydrogen) atoms. The number of alkyl halides is 4. The molecule has 3 saturated carbocycles. The van der Waals surface area contributed by atoms with Crippen LogP contribution in [-0.2, 0) is 9.47 Å². The first-order chi connectivity index (χ1) is 10.6. The lowest BCUT2D eigenvalue weighted by Crippen LogP contribution is -2.68. The van der Waals surface area contributed by atoms with Gasteiger partial charge in [0.2, 0.25) is 0 Å². The molecule has 0 saturated heterocycles. The summed E-state index contributed by atoms with van der Waals surface area (Å²) in [6, 6.07) is 0. The zero-order chi connectivity index (χ0) is 17.2. The Morgan fingerprint density at radius 2 is 1.61 bits per heavy atom. The molecule has 3 aliphatic carbocycles. The molecule has 0 aromatic heterocycles. The molecule has 9 unspecified atom stereocenters. The van der Waals surface area contributed by atoms with Crippen molar-refractivity contribution in [2.45, 2.75) is 45.3 Å². The summed E-state index contributed by atoms with van der Waals surface area (Å²) >= 11 is 0. The average Bonchev–Trinajstić information content (AvgIpc) is 2.92. The SMILES string of the molecule is CCOCOC(F)(C1C(O)C2C3CC(C(C)C3C)C21)C(F)(F)F. The Bertz CT molecular complexity index is 455. The lowest BCUT2D eigenvalue weighted by atomic mass is 9.51. The Morgan fingerprint density at radius 3 is 2.13 bits per heavy atom. The third kappa shape index (κ3) is 2.26. The molecule has 134 valence electrons. The van der Waals surface area contributed by atoms with Crippen molar-refractivity contribution in [1.82, 2.24) is 0 Å². The molecule has 0 aliphatic heterocycles. The summed E-state index contributed by atoms with van der Waals surface area (Å²) < 4.78 is 64.3. The highest BCUT2D eigenvalue weighted by molar-refractivity contribution is 5.17. The molecule has 0 amide bonds. The van der Waals surface area contributed by atoms with Crippen LogP contribution in [0.3, 0.4) is 0 Å². The molecule has 7 heteroatoms. The van der Waals surface area contributed by atoms with Gasteiger partial charge in [-0.15, -0.1) is 0 Å². The molecule has 0 spiro atoms. The van der Waals surface area contributed by atoms with Crippen LogP contribution in [0.2, 0.25) is 0 Å². The van der Waals surface area contributed by atoms with Gasteiger partial charge in [-0.1, -0.05) is 13.8 Å². The molecule has 9 atom stereocenters. The second-order valence-electron chi connectivity index (χ2n) is 7.35. The van der Waals surface area contributed by atoms with Crippen molar-refractivity contribution in [3.8, 4) is 0 Å². The van der Waals surface area contributed by atoms with Crippen LogP contribution < -0.4 is 0 Å². The van der Waals surface area contributed by atoms with Crippen LogP contribution in [0.4, 0.5) is 17.6 Å². The van der Waals surface area contributed by atoms with E-state index >= 15 is 0 Å². The van der Waals surface area contributed by atoms with Crippen molar-refractivity contribution in [3.05, 3.63) is 0 Å². The molecule has 0 aromatic rings. The largest absolute Gasteiger partial charge is 0.448 e. The van der Waals surface area contributed by atoms with Gasteiger partial charge in [0, 0.05) is 6.61 Å². The van der Waals surface area contributed by atoms with E-state index in [1.807, 2.05) is 6.92 Å². The molecule has 0 radical (unpaired) electrons. The van der Waals surface area contributed by atoms with E-state index in [1.54, 1.807) is 6.92 Å². The van der Waals surface area contributed by atoms with E-state index in [4.69, 9.17) is 4.74 Å². The zero-order valence-electron chi connectivity index (χ0n) is 13.5. The fourth-order valence-electron chi connectivity index (χ4n) is 5.46. The van der Waals surface area contributed by atoms with Crippen molar-refractivity contribution < 1.29 is 32.1 Å². The first kappa shape index (κ1) is 17.4. The van der Waals surface area contributed by atoms with Crippen LogP contribution in [0.25, 0.3) is 0 Å². The van der Waals surface area contributed by atoms with Crippen molar-refractivity contribution >= 4 is 0 Å². The summed E-state index contributed by atoms with van der Waals surface area (Å²) in [6.07, 6.45) is -5.72. The maximum atomic E-state index is 14.9. The minimum Gasteiger partial charge on any atom is -0.392 e.